The molecule has 4 nitrogen and oxygen atoms in total. The average molecular weight is 402 g/mol. The largest absolute Gasteiger partial charge is 0.435 e. The molecule has 0 radical (unpaired) electrons. The van der Waals surface area contributed by atoms with Crippen molar-refractivity contribution in [3.63, 3.8) is 0 Å². The lowest BCUT2D eigenvalue weighted by atomic mass is 9.92. The molecule has 0 saturated carbocycles. The molecule has 1 aromatic carbocycles. The molecule has 24 heavy (non-hydrogen) atoms. The van der Waals surface area contributed by atoms with Crippen LogP contribution in [0.1, 0.15) is 35.9 Å². The Hall–Kier alpha value is -1.83. The van der Waals surface area contributed by atoms with Crippen molar-refractivity contribution in [3.05, 3.63) is 51.3 Å². The van der Waals surface area contributed by atoms with E-state index in [-0.39, 0.29) is 0 Å². The number of rotatable bonds is 2. The molecule has 2 aromatic rings. The van der Waals surface area contributed by atoms with Gasteiger partial charge in [0.1, 0.15) is 0 Å². The minimum absolute atomic E-state index is 0.336. The molecular weight excluding hydrogens is 387 g/mol. The fourth-order valence-corrected chi connectivity index (χ4v) is 3.00. The molecule has 128 valence electrons. The Kier molecular flexibility index (Phi) is 3.98. The van der Waals surface area contributed by atoms with Gasteiger partial charge in [0, 0.05) is 17.9 Å². The van der Waals surface area contributed by atoms with Crippen LogP contribution in [0.15, 0.2) is 33.9 Å². The zero-order chi connectivity index (χ0) is 17.7. The van der Waals surface area contributed by atoms with Crippen molar-refractivity contribution in [2.24, 2.45) is 12.2 Å². The molecule has 0 amide bonds. The van der Waals surface area contributed by atoms with Crippen LogP contribution in [-0.2, 0) is 23.7 Å². The summed E-state index contributed by atoms with van der Waals surface area (Å²) in [5, 5.41) is 7.65. The number of hydrogen-bond donors (Lipinski definition) is 0. The standard InChI is InChI=1S/C16H15BrF3N3O/c1-9-6-10(4-5-11(9)17)12-8-15(2,24-22-12)14-7-13(16(18,19)20)21-23(14)3/h4-7H,8H2,1-3H3. The normalized spacial score (nSPS) is 20.9. The second-order valence-corrected chi connectivity index (χ2v) is 6.89. The van der Waals surface area contributed by atoms with E-state index in [4.69, 9.17) is 4.84 Å². The van der Waals surface area contributed by atoms with E-state index in [1.807, 2.05) is 25.1 Å². The van der Waals surface area contributed by atoms with Crippen molar-refractivity contribution in [2.45, 2.75) is 32.0 Å². The van der Waals surface area contributed by atoms with E-state index in [0.29, 0.717) is 17.8 Å². The first-order valence-electron chi connectivity index (χ1n) is 7.23. The molecule has 3 rings (SSSR count). The molecule has 1 aliphatic heterocycles. The third-order valence-corrected chi connectivity index (χ3v) is 4.96. The van der Waals surface area contributed by atoms with E-state index in [1.165, 1.54) is 11.7 Å². The number of halogens is 4. The highest BCUT2D eigenvalue weighted by Gasteiger charge is 2.43. The third-order valence-electron chi connectivity index (χ3n) is 4.07. The molecule has 1 aliphatic rings. The summed E-state index contributed by atoms with van der Waals surface area (Å²) >= 11 is 3.44. The molecule has 1 atom stereocenters. The summed E-state index contributed by atoms with van der Waals surface area (Å²) in [5.74, 6) is 0. The van der Waals surface area contributed by atoms with Gasteiger partial charge in [0.25, 0.3) is 0 Å². The summed E-state index contributed by atoms with van der Waals surface area (Å²) in [7, 11) is 1.47. The highest BCUT2D eigenvalue weighted by molar-refractivity contribution is 9.10. The van der Waals surface area contributed by atoms with E-state index in [1.54, 1.807) is 6.92 Å². The van der Waals surface area contributed by atoms with Crippen LogP contribution >= 0.6 is 15.9 Å². The van der Waals surface area contributed by atoms with Crippen LogP contribution in [0, 0.1) is 6.92 Å². The first kappa shape index (κ1) is 17.0. The van der Waals surface area contributed by atoms with Gasteiger partial charge in [-0.25, -0.2) is 0 Å². The average Bonchev–Trinajstić information content (AvgIpc) is 3.06. The maximum atomic E-state index is 12.9. The lowest BCUT2D eigenvalue weighted by molar-refractivity contribution is -0.141. The molecule has 0 spiro atoms. The molecule has 0 fully saturated rings. The summed E-state index contributed by atoms with van der Waals surface area (Å²) in [6.45, 7) is 3.67. The van der Waals surface area contributed by atoms with Gasteiger partial charge in [0.05, 0.1) is 11.4 Å². The van der Waals surface area contributed by atoms with Gasteiger partial charge in [0.15, 0.2) is 11.3 Å². The summed E-state index contributed by atoms with van der Waals surface area (Å²) in [5.41, 5.74) is 1.05. The topological polar surface area (TPSA) is 39.4 Å². The Morgan fingerprint density at radius 1 is 1.29 bits per heavy atom. The smallest absolute Gasteiger partial charge is 0.382 e. The van der Waals surface area contributed by atoms with Crippen LogP contribution < -0.4 is 0 Å². The monoisotopic (exact) mass is 401 g/mol. The molecule has 0 N–H and O–H groups in total. The Morgan fingerprint density at radius 3 is 2.58 bits per heavy atom. The first-order valence-corrected chi connectivity index (χ1v) is 8.03. The Balaban J connectivity index is 1.90. The Labute approximate surface area is 145 Å². The predicted octanol–water partition coefficient (Wildman–Crippen LogP) is 4.55. The number of aromatic nitrogens is 2. The maximum Gasteiger partial charge on any atom is 0.435 e. The molecule has 0 bridgehead atoms. The van der Waals surface area contributed by atoms with Crippen molar-refractivity contribution in [2.75, 3.05) is 0 Å². The van der Waals surface area contributed by atoms with Crippen LogP contribution in [-0.4, -0.2) is 15.5 Å². The molecule has 1 aromatic heterocycles. The molecular formula is C16H15BrF3N3O. The van der Waals surface area contributed by atoms with Crippen LogP contribution in [0.3, 0.4) is 0 Å². The molecule has 1 unspecified atom stereocenters. The fourth-order valence-electron chi connectivity index (χ4n) is 2.76. The lowest BCUT2D eigenvalue weighted by Gasteiger charge is -2.21. The summed E-state index contributed by atoms with van der Waals surface area (Å²) in [6.07, 6.45) is -4.12. The van der Waals surface area contributed by atoms with Crippen molar-refractivity contribution in [1.29, 1.82) is 0 Å². The zero-order valence-corrected chi connectivity index (χ0v) is 14.9. The van der Waals surface area contributed by atoms with Gasteiger partial charge in [0.2, 0.25) is 0 Å². The number of hydrogen-bond acceptors (Lipinski definition) is 3. The number of oxime groups is 1. The van der Waals surface area contributed by atoms with E-state index >= 15 is 0 Å². The predicted molar refractivity (Wildman–Crippen MR) is 86.7 cm³/mol. The van der Waals surface area contributed by atoms with Gasteiger partial charge in [-0.3, -0.25) is 4.68 Å². The number of nitrogens with zero attached hydrogens (tertiary/aromatic N) is 3. The van der Waals surface area contributed by atoms with E-state index in [0.717, 1.165) is 21.7 Å². The number of benzene rings is 1. The lowest BCUT2D eigenvalue weighted by Crippen LogP contribution is -2.25. The highest BCUT2D eigenvalue weighted by Crippen LogP contribution is 2.38. The van der Waals surface area contributed by atoms with Crippen molar-refractivity contribution < 1.29 is 18.0 Å². The molecule has 0 saturated heterocycles. The maximum absolute atomic E-state index is 12.9. The van der Waals surface area contributed by atoms with Crippen LogP contribution in [0.2, 0.25) is 0 Å². The quantitative estimate of drug-likeness (QED) is 0.740. The van der Waals surface area contributed by atoms with Gasteiger partial charge >= 0.3 is 6.18 Å². The number of alkyl halides is 3. The minimum atomic E-state index is -4.49. The summed E-state index contributed by atoms with van der Waals surface area (Å²) in [4.78, 5) is 5.52. The van der Waals surface area contributed by atoms with Gasteiger partial charge < -0.3 is 4.84 Å². The van der Waals surface area contributed by atoms with E-state index < -0.39 is 17.5 Å². The Bertz CT molecular complexity index is 828. The van der Waals surface area contributed by atoms with Crippen LogP contribution in [0.4, 0.5) is 13.2 Å². The van der Waals surface area contributed by atoms with Gasteiger partial charge in [-0.1, -0.05) is 27.2 Å². The summed E-state index contributed by atoms with van der Waals surface area (Å²) < 4.78 is 40.8. The second kappa shape index (κ2) is 5.61. The van der Waals surface area contributed by atoms with E-state index in [9.17, 15) is 13.2 Å². The molecule has 8 heteroatoms. The van der Waals surface area contributed by atoms with Crippen molar-refractivity contribution in [1.82, 2.24) is 9.78 Å². The second-order valence-electron chi connectivity index (χ2n) is 6.04. The van der Waals surface area contributed by atoms with Crippen molar-refractivity contribution >= 4 is 21.6 Å². The number of aryl methyl sites for hydroxylation is 2. The fraction of sp³-hybridized carbons (Fsp3) is 0.375. The van der Waals surface area contributed by atoms with Crippen LogP contribution in [0.5, 0.6) is 0 Å². The minimum Gasteiger partial charge on any atom is -0.382 e. The van der Waals surface area contributed by atoms with Crippen LogP contribution in [0.25, 0.3) is 0 Å². The van der Waals surface area contributed by atoms with Crippen molar-refractivity contribution in [3.8, 4) is 0 Å². The summed E-state index contributed by atoms with van der Waals surface area (Å²) in [6, 6.07) is 6.79. The van der Waals surface area contributed by atoms with E-state index in [2.05, 4.69) is 26.2 Å². The first-order chi connectivity index (χ1) is 11.1. The Morgan fingerprint density at radius 2 is 2.00 bits per heavy atom. The zero-order valence-electron chi connectivity index (χ0n) is 13.3. The third kappa shape index (κ3) is 2.94. The van der Waals surface area contributed by atoms with Gasteiger partial charge in [-0.05, 0) is 43.2 Å². The van der Waals surface area contributed by atoms with Gasteiger partial charge in [-0.2, -0.15) is 18.3 Å². The SMILES string of the molecule is Cc1cc(C2=NOC(C)(c3cc(C(F)(F)F)nn3C)C2)ccc1Br. The molecule has 2 heterocycles. The molecule has 0 aliphatic carbocycles. The van der Waals surface area contributed by atoms with Gasteiger partial charge in [-0.15, -0.1) is 0 Å². The highest BCUT2D eigenvalue weighted by atomic mass is 79.9.